The highest BCUT2D eigenvalue weighted by Crippen LogP contribution is 2.11. The first kappa shape index (κ1) is 14.5. The summed E-state index contributed by atoms with van der Waals surface area (Å²) >= 11 is 0. The van der Waals surface area contributed by atoms with E-state index in [-0.39, 0.29) is 11.5 Å². The molecule has 90 valence electrons. The van der Waals surface area contributed by atoms with Crippen molar-refractivity contribution >= 4 is 5.97 Å². The van der Waals surface area contributed by atoms with Crippen molar-refractivity contribution in [2.45, 2.75) is 40.5 Å². The van der Waals surface area contributed by atoms with Gasteiger partial charge < -0.3 is 9.84 Å². The number of ether oxygens (including phenoxy) is 1. The Balaban J connectivity index is 4.72. The Morgan fingerprint density at radius 3 is 2.19 bits per heavy atom. The molecule has 0 heterocycles. The van der Waals surface area contributed by atoms with Crippen LogP contribution in [0.15, 0.2) is 35.3 Å². The Morgan fingerprint density at radius 1 is 1.19 bits per heavy atom. The summed E-state index contributed by atoms with van der Waals surface area (Å²) in [7, 11) is 0. The van der Waals surface area contributed by atoms with Crippen molar-refractivity contribution in [2.24, 2.45) is 0 Å². The lowest BCUT2D eigenvalue weighted by Crippen LogP contribution is -2.03. The molecule has 0 aromatic rings. The second kappa shape index (κ2) is 7.74. The average molecular weight is 224 g/mol. The van der Waals surface area contributed by atoms with Crippen LogP contribution in [0.25, 0.3) is 0 Å². The molecule has 0 saturated carbocycles. The van der Waals surface area contributed by atoms with Gasteiger partial charge in [-0.3, -0.25) is 0 Å². The van der Waals surface area contributed by atoms with Crippen molar-refractivity contribution in [3.05, 3.63) is 35.3 Å². The van der Waals surface area contributed by atoms with Gasteiger partial charge in [-0.1, -0.05) is 19.4 Å². The van der Waals surface area contributed by atoms with E-state index in [1.165, 1.54) is 6.08 Å². The highest BCUT2D eigenvalue weighted by molar-refractivity contribution is 5.83. The van der Waals surface area contributed by atoms with Crippen molar-refractivity contribution in [1.29, 1.82) is 0 Å². The molecule has 16 heavy (non-hydrogen) atoms. The van der Waals surface area contributed by atoms with Crippen LogP contribution < -0.4 is 0 Å². The zero-order valence-corrected chi connectivity index (χ0v) is 10.4. The number of aliphatic hydroxyl groups is 1. The fourth-order valence-corrected chi connectivity index (χ4v) is 1.05. The van der Waals surface area contributed by atoms with Crippen molar-refractivity contribution in [3.63, 3.8) is 0 Å². The molecule has 0 saturated heterocycles. The summed E-state index contributed by atoms with van der Waals surface area (Å²) in [6, 6.07) is 0. The summed E-state index contributed by atoms with van der Waals surface area (Å²) in [4.78, 5) is 11.4. The molecule has 0 fully saturated rings. The molecular weight excluding hydrogens is 204 g/mol. The summed E-state index contributed by atoms with van der Waals surface area (Å²) in [6.45, 7) is 7.43. The third-order valence-electron chi connectivity index (χ3n) is 1.66. The van der Waals surface area contributed by atoms with Gasteiger partial charge in [0.15, 0.2) is 11.5 Å². The Kier molecular flexibility index (Phi) is 7.01. The third kappa shape index (κ3) is 6.06. The Hall–Kier alpha value is -1.51. The van der Waals surface area contributed by atoms with E-state index in [2.05, 4.69) is 0 Å². The smallest absolute Gasteiger partial charge is 0.336 e. The Labute approximate surface area is 97.1 Å². The van der Waals surface area contributed by atoms with E-state index < -0.39 is 5.97 Å². The molecule has 0 aromatic heterocycles. The lowest BCUT2D eigenvalue weighted by Gasteiger charge is -2.06. The van der Waals surface area contributed by atoms with Crippen molar-refractivity contribution in [3.8, 4) is 0 Å². The molecule has 0 bridgehead atoms. The largest absolute Gasteiger partial charge is 0.504 e. The van der Waals surface area contributed by atoms with Gasteiger partial charge in [-0.15, -0.1) is 0 Å². The van der Waals surface area contributed by atoms with Gasteiger partial charge in [0, 0.05) is 6.08 Å². The zero-order chi connectivity index (χ0) is 12.6. The molecule has 3 nitrogen and oxygen atoms in total. The highest BCUT2D eigenvalue weighted by atomic mass is 16.5. The summed E-state index contributed by atoms with van der Waals surface area (Å²) in [5.41, 5.74) is 0.861. The van der Waals surface area contributed by atoms with E-state index in [1.54, 1.807) is 12.2 Å². The maximum absolute atomic E-state index is 11.4. The molecule has 0 rings (SSSR count). The maximum Gasteiger partial charge on any atom is 0.336 e. The molecule has 0 atom stereocenters. The normalized spacial score (nSPS) is 12.2. The first-order valence-electron chi connectivity index (χ1n) is 5.47. The first-order chi connectivity index (χ1) is 7.51. The predicted molar refractivity (Wildman–Crippen MR) is 64.9 cm³/mol. The van der Waals surface area contributed by atoms with Gasteiger partial charge in [-0.2, -0.15) is 0 Å². The molecule has 0 aromatic carbocycles. The summed E-state index contributed by atoms with van der Waals surface area (Å²) in [5.74, 6) is -0.220. The number of hydrogen-bond donors (Lipinski definition) is 1. The zero-order valence-electron chi connectivity index (χ0n) is 10.4. The molecule has 0 radical (unpaired) electrons. The molecule has 0 spiro atoms. The number of rotatable bonds is 5. The monoisotopic (exact) mass is 224 g/mol. The number of carbonyl (C=O) groups is 1. The summed E-state index contributed by atoms with van der Waals surface area (Å²) in [6.07, 6.45) is 6.06. The van der Waals surface area contributed by atoms with E-state index in [0.717, 1.165) is 5.57 Å². The minimum absolute atomic E-state index is 0.0138. The van der Waals surface area contributed by atoms with Gasteiger partial charge in [0.1, 0.15) is 0 Å². The van der Waals surface area contributed by atoms with Crippen LogP contribution in [-0.4, -0.2) is 11.1 Å². The molecule has 0 unspecified atom stereocenters. The van der Waals surface area contributed by atoms with Crippen LogP contribution in [0, 0.1) is 0 Å². The summed E-state index contributed by atoms with van der Waals surface area (Å²) in [5, 5.41) is 9.62. The molecule has 0 aliphatic carbocycles. The maximum atomic E-state index is 11.4. The van der Waals surface area contributed by atoms with Crippen molar-refractivity contribution < 1.29 is 14.6 Å². The van der Waals surface area contributed by atoms with Crippen LogP contribution in [-0.2, 0) is 9.53 Å². The van der Waals surface area contributed by atoms with Gasteiger partial charge in [0.2, 0.25) is 0 Å². The van der Waals surface area contributed by atoms with Crippen LogP contribution in [0.4, 0.5) is 0 Å². The standard InChI is InChI=1S/C13H20O3/c1-5-7-11(14)12(8-6-2)16-13(15)9-10(3)4/h7-9,14H,5-6H2,1-4H3. The summed E-state index contributed by atoms with van der Waals surface area (Å²) < 4.78 is 5.04. The van der Waals surface area contributed by atoms with Gasteiger partial charge in [-0.05, 0) is 38.8 Å². The van der Waals surface area contributed by atoms with Crippen LogP contribution in [0.2, 0.25) is 0 Å². The van der Waals surface area contributed by atoms with Crippen molar-refractivity contribution in [1.82, 2.24) is 0 Å². The van der Waals surface area contributed by atoms with E-state index >= 15 is 0 Å². The molecular formula is C13H20O3. The molecule has 0 amide bonds. The topological polar surface area (TPSA) is 46.5 Å². The molecule has 0 aliphatic rings. The van der Waals surface area contributed by atoms with E-state index in [9.17, 15) is 9.90 Å². The second-order valence-electron chi connectivity index (χ2n) is 3.62. The number of allylic oxidation sites excluding steroid dienone is 3. The highest BCUT2D eigenvalue weighted by Gasteiger charge is 2.08. The molecule has 0 aliphatic heterocycles. The van der Waals surface area contributed by atoms with Gasteiger partial charge in [-0.25, -0.2) is 4.79 Å². The molecule has 3 heteroatoms. The van der Waals surface area contributed by atoms with E-state index in [0.29, 0.717) is 12.8 Å². The van der Waals surface area contributed by atoms with Crippen LogP contribution >= 0.6 is 0 Å². The third-order valence-corrected chi connectivity index (χ3v) is 1.66. The quantitative estimate of drug-likeness (QED) is 0.335. The van der Waals surface area contributed by atoms with Gasteiger partial charge in [0.25, 0.3) is 0 Å². The van der Waals surface area contributed by atoms with Gasteiger partial charge >= 0.3 is 5.97 Å². The average Bonchev–Trinajstić information content (AvgIpc) is 2.16. The lowest BCUT2D eigenvalue weighted by atomic mass is 10.3. The lowest BCUT2D eigenvalue weighted by molar-refractivity contribution is -0.133. The fraction of sp³-hybridized carbons (Fsp3) is 0.462. The van der Waals surface area contributed by atoms with Gasteiger partial charge in [0.05, 0.1) is 0 Å². The van der Waals surface area contributed by atoms with E-state index in [4.69, 9.17) is 4.74 Å². The number of esters is 1. The van der Waals surface area contributed by atoms with Crippen LogP contribution in [0.1, 0.15) is 40.5 Å². The second-order valence-corrected chi connectivity index (χ2v) is 3.62. The minimum Gasteiger partial charge on any atom is -0.504 e. The van der Waals surface area contributed by atoms with E-state index in [1.807, 2.05) is 27.7 Å². The predicted octanol–water partition coefficient (Wildman–Crippen LogP) is 3.64. The Bertz CT molecular complexity index is 318. The first-order valence-corrected chi connectivity index (χ1v) is 5.47. The van der Waals surface area contributed by atoms with Crippen molar-refractivity contribution in [2.75, 3.05) is 0 Å². The van der Waals surface area contributed by atoms with Crippen LogP contribution in [0.5, 0.6) is 0 Å². The fourth-order valence-electron chi connectivity index (χ4n) is 1.05. The van der Waals surface area contributed by atoms with Crippen LogP contribution in [0.3, 0.4) is 0 Å². The Morgan fingerprint density at radius 2 is 1.75 bits per heavy atom. The number of carbonyl (C=O) groups excluding carboxylic acids is 1. The minimum atomic E-state index is -0.462. The number of hydrogen-bond acceptors (Lipinski definition) is 3. The number of aliphatic hydroxyl groups excluding tert-OH is 1. The molecule has 1 N–H and O–H groups in total. The SMILES string of the molecule is CCC=C(O)C(=CCC)OC(=O)C=C(C)C.